The molecule has 1 amide bonds. The van der Waals surface area contributed by atoms with E-state index >= 15 is 0 Å². The summed E-state index contributed by atoms with van der Waals surface area (Å²) in [5.74, 6) is 0.577. The minimum atomic E-state index is -0.202. The monoisotopic (exact) mass is 306 g/mol. The lowest BCUT2D eigenvalue weighted by Crippen LogP contribution is -2.44. The Labute approximate surface area is 130 Å². The van der Waals surface area contributed by atoms with Crippen LogP contribution in [0.15, 0.2) is 30.3 Å². The third-order valence-electron chi connectivity index (χ3n) is 3.76. The lowest BCUT2D eigenvalue weighted by Gasteiger charge is -2.24. The van der Waals surface area contributed by atoms with Crippen LogP contribution in [0, 0.1) is 6.92 Å². The number of fused-ring (bicyclic) bond motifs is 1. The average Bonchev–Trinajstić information content (AvgIpc) is 2.76. The van der Waals surface area contributed by atoms with Crippen LogP contribution >= 0.6 is 12.4 Å². The number of amides is 1. The van der Waals surface area contributed by atoms with E-state index < -0.39 is 0 Å². The van der Waals surface area contributed by atoms with Gasteiger partial charge in [0.05, 0.1) is 6.04 Å². The standard InChI is InChI=1S/C15H18N4O.ClH/c1-10-7-14(18-19(10)2)17-15(20)13-8-11-5-3-4-6-12(11)9-16-13;/h3-7,13,16H,8-9H2,1-2H3,(H,17,18,20);1H. The third kappa shape index (κ3) is 3.25. The Morgan fingerprint density at radius 3 is 2.76 bits per heavy atom. The van der Waals surface area contributed by atoms with E-state index in [4.69, 9.17) is 0 Å². The molecule has 2 aromatic rings. The number of rotatable bonds is 2. The predicted molar refractivity (Wildman–Crippen MR) is 84.6 cm³/mol. The van der Waals surface area contributed by atoms with Crippen molar-refractivity contribution in [2.24, 2.45) is 7.05 Å². The van der Waals surface area contributed by atoms with Gasteiger partial charge in [0.2, 0.25) is 5.91 Å². The first-order chi connectivity index (χ1) is 9.63. The van der Waals surface area contributed by atoms with Crippen LogP contribution in [-0.2, 0) is 24.8 Å². The molecule has 1 aromatic heterocycles. The van der Waals surface area contributed by atoms with E-state index in [2.05, 4.69) is 27.9 Å². The summed E-state index contributed by atoms with van der Waals surface area (Å²) in [6, 6.07) is 9.89. The number of nitrogens with one attached hydrogen (secondary N) is 2. The van der Waals surface area contributed by atoms with Crippen LogP contribution in [0.3, 0.4) is 0 Å². The van der Waals surface area contributed by atoms with Crippen LogP contribution in [0.2, 0.25) is 0 Å². The maximum atomic E-state index is 12.3. The number of nitrogens with zero attached hydrogens (tertiary/aromatic N) is 2. The Hall–Kier alpha value is -1.85. The van der Waals surface area contributed by atoms with Crippen molar-refractivity contribution in [3.63, 3.8) is 0 Å². The Morgan fingerprint density at radius 1 is 1.38 bits per heavy atom. The number of aryl methyl sites for hydroxylation is 2. The third-order valence-corrected chi connectivity index (χ3v) is 3.76. The summed E-state index contributed by atoms with van der Waals surface area (Å²) < 4.78 is 1.75. The van der Waals surface area contributed by atoms with Crippen molar-refractivity contribution in [3.8, 4) is 0 Å². The van der Waals surface area contributed by atoms with Crippen molar-refractivity contribution in [2.75, 3.05) is 5.32 Å². The number of halogens is 1. The molecule has 1 atom stereocenters. The van der Waals surface area contributed by atoms with Gasteiger partial charge in [0.25, 0.3) is 0 Å². The van der Waals surface area contributed by atoms with Crippen molar-refractivity contribution in [2.45, 2.75) is 25.9 Å². The van der Waals surface area contributed by atoms with Gasteiger partial charge < -0.3 is 10.6 Å². The predicted octanol–water partition coefficient (Wildman–Crippen LogP) is 1.80. The molecule has 0 aliphatic carbocycles. The maximum absolute atomic E-state index is 12.3. The summed E-state index contributed by atoms with van der Waals surface area (Å²) in [5.41, 5.74) is 3.52. The van der Waals surface area contributed by atoms with Crippen molar-refractivity contribution >= 4 is 24.1 Å². The average molecular weight is 307 g/mol. The van der Waals surface area contributed by atoms with Gasteiger partial charge in [-0.2, -0.15) is 5.10 Å². The second kappa shape index (κ2) is 6.28. The van der Waals surface area contributed by atoms with Crippen molar-refractivity contribution < 1.29 is 4.79 Å². The number of carbonyl (C=O) groups is 1. The van der Waals surface area contributed by atoms with E-state index in [-0.39, 0.29) is 24.4 Å². The Kier molecular flexibility index (Phi) is 4.65. The van der Waals surface area contributed by atoms with E-state index in [0.717, 1.165) is 12.2 Å². The molecule has 1 unspecified atom stereocenters. The number of carbonyl (C=O) groups excluding carboxylic acids is 1. The van der Waals surface area contributed by atoms with E-state index in [1.165, 1.54) is 11.1 Å². The zero-order valence-corrected chi connectivity index (χ0v) is 12.9. The summed E-state index contributed by atoms with van der Waals surface area (Å²) in [6.07, 6.45) is 0.716. The molecule has 0 bridgehead atoms. The van der Waals surface area contributed by atoms with E-state index in [9.17, 15) is 4.79 Å². The van der Waals surface area contributed by atoms with Crippen LogP contribution in [0.5, 0.6) is 0 Å². The zero-order valence-electron chi connectivity index (χ0n) is 12.1. The first-order valence-corrected chi connectivity index (χ1v) is 6.75. The number of hydrogen-bond acceptors (Lipinski definition) is 3. The molecule has 1 aliphatic rings. The highest BCUT2D eigenvalue weighted by atomic mass is 35.5. The molecule has 21 heavy (non-hydrogen) atoms. The zero-order chi connectivity index (χ0) is 14.1. The number of aromatic nitrogens is 2. The van der Waals surface area contributed by atoms with Crippen molar-refractivity contribution in [3.05, 3.63) is 47.2 Å². The first-order valence-electron chi connectivity index (χ1n) is 6.75. The molecule has 0 saturated heterocycles. The smallest absolute Gasteiger partial charge is 0.243 e. The van der Waals surface area contributed by atoms with Crippen LogP contribution in [0.25, 0.3) is 0 Å². The largest absolute Gasteiger partial charge is 0.308 e. The van der Waals surface area contributed by atoms with Gasteiger partial charge in [-0.3, -0.25) is 9.48 Å². The van der Waals surface area contributed by atoms with Crippen molar-refractivity contribution in [1.29, 1.82) is 0 Å². The summed E-state index contributed by atoms with van der Waals surface area (Å²) in [5, 5.41) is 10.4. The highest BCUT2D eigenvalue weighted by molar-refractivity contribution is 5.94. The van der Waals surface area contributed by atoms with E-state index in [1.54, 1.807) is 4.68 Å². The Morgan fingerprint density at radius 2 is 2.10 bits per heavy atom. The molecule has 1 aromatic carbocycles. The van der Waals surface area contributed by atoms with Gasteiger partial charge in [-0.1, -0.05) is 24.3 Å². The Balaban J connectivity index is 0.00000161. The van der Waals surface area contributed by atoms with Crippen LogP contribution in [0.4, 0.5) is 5.82 Å². The summed E-state index contributed by atoms with van der Waals surface area (Å²) in [7, 11) is 1.86. The van der Waals surface area contributed by atoms with Crippen molar-refractivity contribution in [1.82, 2.24) is 15.1 Å². The van der Waals surface area contributed by atoms with Gasteiger partial charge >= 0.3 is 0 Å². The molecule has 0 radical (unpaired) electrons. The molecule has 0 spiro atoms. The molecular weight excluding hydrogens is 288 g/mol. The fourth-order valence-electron chi connectivity index (χ4n) is 2.47. The van der Waals surface area contributed by atoms with Gasteiger partial charge in [0, 0.05) is 25.4 Å². The van der Waals surface area contributed by atoms with Crippen LogP contribution < -0.4 is 10.6 Å². The normalized spacial score (nSPS) is 16.8. The van der Waals surface area contributed by atoms with Gasteiger partial charge in [0.1, 0.15) is 0 Å². The Bertz CT molecular complexity index is 633. The van der Waals surface area contributed by atoms with Gasteiger partial charge in [0.15, 0.2) is 5.82 Å². The molecule has 2 N–H and O–H groups in total. The maximum Gasteiger partial charge on any atom is 0.243 e. The molecule has 6 heteroatoms. The van der Waals surface area contributed by atoms with E-state index in [1.807, 2.05) is 32.2 Å². The summed E-state index contributed by atoms with van der Waals surface area (Å²) in [4.78, 5) is 12.3. The molecule has 5 nitrogen and oxygen atoms in total. The highest BCUT2D eigenvalue weighted by Crippen LogP contribution is 2.17. The minimum Gasteiger partial charge on any atom is -0.308 e. The summed E-state index contributed by atoms with van der Waals surface area (Å²) >= 11 is 0. The fourth-order valence-corrected chi connectivity index (χ4v) is 2.47. The van der Waals surface area contributed by atoms with Gasteiger partial charge in [-0.05, 0) is 24.5 Å². The molecule has 0 fully saturated rings. The molecule has 2 heterocycles. The van der Waals surface area contributed by atoms with Gasteiger partial charge in [-0.15, -0.1) is 12.4 Å². The number of anilines is 1. The summed E-state index contributed by atoms with van der Waals surface area (Å²) in [6.45, 7) is 2.69. The lowest BCUT2D eigenvalue weighted by molar-refractivity contribution is -0.118. The molecule has 112 valence electrons. The fraction of sp³-hybridized carbons (Fsp3) is 0.333. The lowest BCUT2D eigenvalue weighted by atomic mass is 9.95. The minimum absolute atomic E-state index is 0. The molecule has 1 aliphatic heterocycles. The second-order valence-corrected chi connectivity index (χ2v) is 5.19. The number of benzene rings is 1. The van der Waals surface area contributed by atoms with E-state index in [0.29, 0.717) is 12.2 Å². The second-order valence-electron chi connectivity index (χ2n) is 5.19. The quantitative estimate of drug-likeness (QED) is 0.889. The topological polar surface area (TPSA) is 59.0 Å². The molecular formula is C15H19ClN4O. The van der Waals surface area contributed by atoms with Gasteiger partial charge in [-0.25, -0.2) is 0 Å². The van der Waals surface area contributed by atoms with Crippen LogP contribution in [0.1, 0.15) is 16.8 Å². The molecule has 0 saturated carbocycles. The highest BCUT2D eigenvalue weighted by Gasteiger charge is 2.24. The number of hydrogen-bond donors (Lipinski definition) is 2. The first kappa shape index (κ1) is 15.5. The SMILES string of the molecule is Cc1cc(NC(=O)C2Cc3ccccc3CN2)nn1C.Cl. The molecule has 3 rings (SSSR count). The van der Waals surface area contributed by atoms with Crippen LogP contribution in [-0.4, -0.2) is 21.7 Å².